The second kappa shape index (κ2) is 14.7. The molecule has 2 bridgehead atoms. The predicted octanol–water partition coefficient (Wildman–Crippen LogP) is 1.98. The van der Waals surface area contributed by atoms with Gasteiger partial charge in [-0.15, -0.1) is 0 Å². The smallest absolute Gasteiger partial charge is 0.405 e. The van der Waals surface area contributed by atoms with Gasteiger partial charge < -0.3 is 35.7 Å². The van der Waals surface area contributed by atoms with Gasteiger partial charge in [0.05, 0.1) is 23.6 Å². The average molecular weight is 560 g/mol. The maximum Gasteiger partial charge on any atom is 0.405 e. The topological polar surface area (TPSA) is 166 Å². The van der Waals surface area contributed by atoms with Gasteiger partial charge in [0.1, 0.15) is 6.10 Å². The Morgan fingerprint density at radius 3 is 2.40 bits per heavy atom. The van der Waals surface area contributed by atoms with Gasteiger partial charge in [0.15, 0.2) is 6.10 Å². The molecule has 1 heterocycles. The fourth-order valence-electron chi connectivity index (χ4n) is 4.86. The molecule has 1 unspecified atom stereocenters. The Morgan fingerprint density at radius 2 is 1.82 bits per heavy atom. The molecule has 0 saturated carbocycles. The fraction of sp³-hybridized carbons (Fsp3) is 0.517. The summed E-state index contributed by atoms with van der Waals surface area (Å²) in [6.07, 6.45) is 3.86. The van der Waals surface area contributed by atoms with Gasteiger partial charge in [-0.2, -0.15) is 0 Å². The third kappa shape index (κ3) is 8.23. The molecule has 0 aromatic heterocycles. The highest BCUT2D eigenvalue weighted by atomic mass is 16.6. The first-order valence-electron chi connectivity index (χ1n) is 13.1. The molecule has 6 atom stereocenters. The Balaban J connectivity index is 2.60. The van der Waals surface area contributed by atoms with Gasteiger partial charge in [-0.25, -0.2) is 4.79 Å². The number of carbonyl (C=O) groups excluding carboxylic acids is 4. The van der Waals surface area contributed by atoms with Gasteiger partial charge in [-0.05, 0) is 38.2 Å². The Morgan fingerprint density at radius 1 is 1.15 bits per heavy atom. The lowest BCUT2D eigenvalue weighted by atomic mass is 9.85. The predicted molar refractivity (Wildman–Crippen MR) is 149 cm³/mol. The number of aliphatic hydroxyl groups is 1. The summed E-state index contributed by atoms with van der Waals surface area (Å²) in [5.74, 6) is -2.06. The maximum absolute atomic E-state index is 13.4. The van der Waals surface area contributed by atoms with Crippen LogP contribution in [0.4, 0.5) is 4.79 Å². The highest BCUT2D eigenvalue weighted by Gasteiger charge is 2.33. The number of likely N-dealkylation sites (N-methyl/N-ethyl adjacent to an activating group) is 1. The largest absolute Gasteiger partial charge is 0.439 e. The molecule has 220 valence electrons. The van der Waals surface area contributed by atoms with Crippen molar-refractivity contribution in [2.75, 3.05) is 21.3 Å². The molecule has 0 fully saturated rings. The molecule has 1 aliphatic carbocycles. The molecule has 0 saturated heterocycles. The Bertz CT molecular complexity index is 1150. The first kappa shape index (κ1) is 32.7. The molecule has 0 spiro atoms. The molecule has 5 N–H and O–H groups in total. The molecule has 1 aliphatic heterocycles. The fourth-order valence-corrected chi connectivity index (χ4v) is 4.86. The van der Waals surface area contributed by atoms with Crippen molar-refractivity contribution in [1.29, 1.82) is 0 Å². The maximum atomic E-state index is 13.4. The van der Waals surface area contributed by atoms with Crippen LogP contribution >= 0.6 is 0 Å². The zero-order chi connectivity index (χ0) is 30.1. The van der Waals surface area contributed by atoms with Gasteiger partial charge in [0.2, 0.25) is 11.6 Å². The monoisotopic (exact) mass is 559 g/mol. The van der Waals surface area contributed by atoms with Gasteiger partial charge in [-0.1, -0.05) is 38.2 Å². The van der Waals surface area contributed by atoms with Crippen molar-refractivity contribution in [1.82, 2.24) is 10.6 Å². The summed E-state index contributed by atoms with van der Waals surface area (Å²) in [6.45, 7) is 6.98. The summed E-state index contributed by atoms with van der Waals surface area (Å²) in [4.78, 5) is 50.7. The molecule has 2 aliphatic rings. The van der Waals surface area contributed by atoms with E-state index in [1.807, 2.05) is 6.92 Å². The van der Waals surface area contributed by atoms with Crippen molar-refractivity contribution in [3.8, 4) is 0 Å². The lowest BCUT2D eigenvalue weighted by Crippen LogP contribution is -2.37. The quantitative estimate of drug-likeness (QED) is 0.297. The van der Waals surface area contributed by atoms with Crippen molar-refractivity contribution in [3.63, 3.8) is 0 Å². The molecule has 2 rings (SSSR count). The molecule has 40 heavy (non-hydrogen) atoms. The SMILES string of the molecule is CNC1=C2C[C@@H](C)C[C@H](OC)[C@H](O)[C@@H](C)/C=C(\C)C(OC(N)=O)[C@@H](OC)/C=C\C=C(/C)C(=O)NC(=CC1=O)C2=O. The zero-order valence-corrected chi connectivity index (χ0v) is 24.1. The average Bonchev–Trinajstić information content (AvgIpc) is 2.90. The minimum absolute atomic E-state index is 0.118. The minimum atomic E-state index is -0.997. The normalized spacial score (nSPS) is 32.7. The van der Waals surface area contributed by atoms with Crippen molar-refractivity contribution >= 4 is 23.6 Å². The number of carbonyl (C=O) groups is 4. The molecule has 0 aromatic rings. The van der Waals surface area contributed by atoms with E-state index in [4.69, 9.17) is 19.9 Å². The molecule has 11 nitrogen and oxygen atoms in total. The van der Waals surface area contributed by atoms with E-state index in [9.17, 15) is 24.3 Å². The van der Waals surface area contributed by atoms with Crippen LogP contribution in [0.15, 0.2) is 58.5 Å². The van der Waals surface area contributed by atoms with Gasteiger partial charge in [0, 0.05) is 44.4 Å². The van der Waals surface area contributed by atoms with Crippen LogP contribution in [-0.4, -0.2) is 74.4 Å². The summed E-state index contributed by atoms with van der Waals surface area (Å²) in [5.41, 5.74) is 6.47. The summed E-state index contributed by atoms with van der Waals surface area (Å²) in [5, 5.41) is 16.5. The summed E-state index contributed by atoms with van der Waals surface area (Å²) >= 11 is 0. The number of primary amides is 1. The van der Waals surface area contributed by atoms with E-state index in [2.05, 4.69) is 10.6 Å². The Hall–Kier alpha value is -3.54. The third-order valence-corrected chi connectivity index (χ3v) is 7.04. The van der Waals surface area contributed by atoms with Crippen LogP contribution in [0, 0.1) is 11.8 Å². The number of nitrogens with two attached hydrogens (primary N) is 1. The molecule has 2 amide bonds. The number of hydrogen-bond acceptors (Lipinski definition) is 9. The number of rotatable bonds is 4. The van der Waals surface area contributed by atoms with Gasteiger partial charge >= 0.3 is 6.09 Å². The number of methoxy groups -OCH3 is 2. The van der Waals surface area contributed by atoms with E-state index in [0.717, 1.165) is 6.08 Å². The lowest BCUT2D eigenvalue weighted by molar-refractivity contribution is -0.120. The lowest BCUT2D eigenvalue weighted by Gasteiger charge is -2.30. The van der Waals surface area contributed by atoms with Crippen LogP contribution in [0.5, 0.6) is 0 Å². The molecular weight excluding hydrogens is 518 g/mol. The van der Waals surface area contributed by atoms with Gasteiger partial charge in [0.25, 0.3) is 5.91 Å². The molecule has 0 aromatic carbocycles. The van der Waals surface area contributed by atoms with E-state index in [1.54, 1.807) is 46.0 Å². The van der Waals surface area contributed by atoms with Crippen molar-refractivity contribution < 1.29 is 38.5 Å². The standard InChI is InChI=1S/C29H41N3O8/c1-15-11-19-24(31-5)21(33)14-20(26(19)35)32-28(36)16(2)9-8-10-22(38-6)27(40-29(30)37)18(4)13-17(3)25(34)23(12-15)39-7/h8-10,13-15,17,22-23,25,27,31,34H,11-12H2,1-7H3,(H2,30,37)(H,32,36)/b10-8-,16-9+,18-13+/t15-,17+,22+,23+,25-,27?/m1/s1. The first-order chi connectivity index (χ1) is 18.8. The molecular formula is C29H41N3O8. The summed E-state index contributed by atoms with van der Waals surface area (Å²) < 4.78 is 16.5. The number of aliphatic hydroxyl groups excluding tert-OH is 1. The van der Waals surface area contributed by atoms with E-state index in [1.165, 1.54) is 20.3 Å². The van der Waals surface area contributed by atoms with Crippen LogP contribution in [0.1, 0.15) is 40.5 Å². The van der Waals surface area contributed by atoms with Crippen LogP contribution < -0.4 is 16.4 Å². The van der Waals surface area contributed by atoms with E-state index in [-0.39, 0.29) is 34.9 Å². The van der Waals surface area contributed by atoms with Crippen molar-refractivity contribution in [2.24, 2.45) is 17.6 Å². The second-order valence-electron chi connectivity index (χ2n) is 10.2. The number of ketones is 2. The highest BCUT2D eigenvalue weighted by Crippen LogP contribution is 2.28. The Labute approximate surface area is 235 Å². The Kier molecular flexibility index (Phi) is 12.0. The number of fused-ring (bicyclic) bond motifs is 2. The van der Waals surface area contributed by atoms with Crippen LogP contribution in [0.3, 0.4) is 0 Å². The number of nitrogens with one attached hydrogen (secondary N) is 2. The number of allylic oxidation sites excluding steroid dienone is 4. The second-order valence-corrected chi connectivity index (χ2v) is 10.2. The van der Waals surface area contributed by atoms with Gasteiger partial charge in [-0.3, -0.25) is 14.4 Å². The molecule has 11 heteroatoms. The van der Waals surface area contributed by atoms with Crippen molar-refractivity contribution in [3.05, 3.63) is 58.5 Å². The van der Waals surface area contributed by atoms with Crippen molar-refractivity contribution in [2.45, 2.75) is 65.0 Å². The van der Waals surface area contributed by atoms with Crippen LogP contribution in [-0.2, 0) is 28.6 Å². The highest BCUT2D eigenvalue weighted by molar-refractivity contribution is 6.23. The van der Waals surface area contributed by atoms with E-state index < -0.39 is 53.9 Å². The van der Waals surface area contributed by atoms with E-state index >= 15 is 0 Å². The summed E-state index contributed by atoms with van der Waals surface area (Å²) in [7, 11) is 4.48. The molecule has 0 radical (unpaired) electrons. The van der Waals surface area contributed by atoms with Crippen LogP contribution in [0.2, 0.25) is 0 Å². The number of ether oxygens (including phenoxy) is 3. The number of hydrogen-bond donors (Lipinski definition) is 4. The summed E-state index contributed by atoms with van der Waals surface area (Å²) in [6, 6.07) is 0. The first-order valence-corrected chi connectivity index (χ1v) is 13.1. The minimum Gasteiger partial charge on any atom is -0.439 e. The third-order valence-electron chi connectivity index (χ3n) is 7.04. The zero-order valence-electron chi connectivity index (χ0n) is 24.1. The van der Waals surface area contributed by atoms with E-state index in [0.29, 0.717) is 12.0 Å². The number of Topliss-reactive ketones (excluding diaryl/α,β-unsaturated/α-hetero) is 1. The number of amides is 2. The van der Waals surface area contributed by atoms with Crippen LogP contribution in [0.25, 0.3) is 0 Å².